The normalized spacial score (nSPS) is 12.9. The molecular weight excluding hydrogens is 244 g/mol. The van der Waals surface area contributed by atoms with Gasteiger partial charge in [0.25, 0.3) is 0 Å². The zero-order valence-electron chi connectivity index (χ0n) is 13.4. The van der Waals surface area contributed by atoms with Crippen LogP contribution in [-0.4, -0.2) is 55.8 Å². The second-order valence-corrected chi connectivity index (χ2v) is 6.31. The van der Waals surface area contributed by atoms with Crippen LogP contribution in [0, 0.1) is 0 Å². The van der Waals surface area contributed by atoms with Gasteiger partial charge >= 0.3 is 6.09 Å². The lowest BCUT2D eigenvalue weighted by Crippen LogP contribution is -2.54. The van der Waals surface area contributed by atoms with Gasteiger partial charge in [0.15, 0.2) is 5.96 Å². The third kappa shape index (κ3) is 8.29. The SMILES string of the molecule is CN=C(NCC(C)(C)NC(=O)OC(C)(C)C)N(C)C. The van der Waals surface area contributed by atoms with Crippen molar-refractivity contribution in [3.8, 4) is 0 Å². The Balaban J connectivity index is 4.37. The van der Waals surface area contributed by atoms with Gasteiger partial charge in [0.2, 0.25) is 0 Å². The molecular formula is C13H28N4O2. The Morgan fingerprint density at radius 3 is 2.11 bits per heavy atom. The molecule has 2 N–H and O–H groups in total. The first-order valence-corrected chi connectivity index (χ1v) is 6.36. The average molecular weight is 272 g/mol. The van der Waals surface area contributed by atoms with Gasteiger partial charge in [0, 0.05) is 27.7 Å². The molecule has 0 fully saturated rings. The number of hydrogen-bond acceptors (Lipinski definition) is 3. The minimum absolute atomic E-state index is 0.417. The van der Waals surface area contributed by atoms with E-state index < -0.39 is 17.2 Å². The zero-order chi connectivity index (χ0) is 15.3. The second-order valence-electron chi connectivity index (χ2n) is 6.31. The molecule has 0 aromatic carbocycles. The molecule has 0 aliphatic heterocycles. The largest absolute Gasteiger partial charge is 0.444 e. The van der Waals surface area contributed by atoms with Gasteiger partial charge in [-0.05, 0) is 34.6 Å². The van der Waals surface area contributed by atoms with Crippen molar-refractivity contribution in [2.45, 2.75) is 45.8 Å². The Morgan fingerprint density at radius 1 is 1.21 bits per heavy atom. The number of alkyl carbamates (subject to hydrolysis) is 1. The molecule has 0 unspecified atom stereocenters. The highest BCUT2D eigenvalue weighted by molar-refractivity contribution is 5.79. The Hall–Kier alpha value is -1.46. The van der Waals surface area contributed by atoms with Gasteiger partial charge < -0.3 is 20.3 Å². The molecule has 0 radical (unpaired) electrons. The van der Waals surface area contributed by atoms with E-state index in [0.29, 0.717) is 6.54 Å². The van der Waals surface area contributed by atoms with E-state index in [1.54, 1.807) is 7.05 Å². The maximum atomic E-state index is 11.7. The summed E-state index contributed by atoms with van der Waals surface area (Å²) in [5.74, 6) is 0.763. The van der Waals surface area contributed by atoms with Gasteiger partial charge in [-0.15, -0.1) is 0 Å². The molecule has 0 saturated heterocycles. The predicted molar refractivity (Wildman–Crippen MR) is 78.5 cm³/mol. The number of rotatable bonds is 3. The molecule has 0 heterocycles. The number of nitrogens with zero attached hydrogens (tertiary/aromatic N) is 2. The highest BCUT2D eigenvalue weighted by Gasteiger charge is 2.24. The quantitative estimate of drug-likeness (QED) is 0.602. The first kappa shape index (κ1) is 17.5. The minimum Gasteiger partial charge on any atom is -0.444 e. The average Bonchev–Trinajstić information content (AvgIpc) is 2.13. The summed E-state index contributed by atoms with van der Waals surface area (Å²) >= 11 is 0. The van der Waals surface area contributed by atoms with Crippen LogP contribution in [0.25, 0.3) is 0 Å². The van der Waals surface area contributed by atoms with Crippen molar-refractivity contribution in [1.29, 1.82) is 0 Å². The number of hydrogen-bond donors (Lipinski definition) is 2. The molecule has 0 aromatic rings. The molecule has 0 aliphatic carbocycles. The maximum Gasteiger partial charge on any atom is 0.408 e. The van der Waals surface area contributed by atoms with E-state index in [0.717, 1.165) is 5.96 Å². The Bertz CT molecular complexity index is 330. The summed E-state index contributed by atoms with van der Waals surface area (Å²) < 4.78 is 5.24. The van der Waals surface area contributed by atoms with Crippen molar-refractivity contribution >= 4 is 12.1 Å². The summed E-state index contributed by atoms with van der Waals surface area (Å²) in [6.07, 6.45) is -0.417. The van der Waals surface area contributed by atoms with Crippen molar-refractivity contribution < 1.29 is 9.53 Å². The second kappa shape index (κ2) is 6.63. The zero-order valence-corrected chi connectivity index (χ0v) is 13.4. The number of aliphatic imine (C=N–C) groups is 1. The highest BCUT2D eigenvalue weighted by Crippen LogP contribution is 2.09. The third-order valence-corrected chi connectivity index (χ3v) is 2.16. The molecule has 0 rings (SSSR count). The van der Waals surface area contributed by atoms with Gasteiger partial charge in [-0.2, -0.15) is 0 Å². The van der Waals surface area contributed by atoms with Crippen molar-refractivity contribution in [2.24, 2.45) is 4.99 Å². The van der Waals surface area contributed by atoms with Crippen LogP contribution in [0.1, 0.15) is 34.6 Å². The van der Waals surface area contributed by atoms with Crippen LogP contribution in [0.15, 0.2) is 4.99 Å². The number of carbonyl (C=O) groups excluding carboxylic acids is 1. The lowest BCUT2D eigenvalue weighted by molar-refractivity contribution is 0.0474. The number of carbonyl (C=O) groups is 1. The Morgan fingerprint density at radius 2 is 1.74 bits per heavy atom. The molecule has 6 heteroatoms. The minimum atomic E-state index is -0.493. The molecule has 112 valence electrons. The van der Waals surface area contributed by atoms with Crippen LogP contribution in [0.3, 0.4) is 0 Å². The van der Waals surface area contributed by atoms with E-state index in [4.69, 9.17) is 4.74 Å². The first-order chi connectivity index (χ1) is 8.47. The molecule has 0 saturated carbocycles. The van der Waals surface area contributed by atoms with Crippen LogP contribution in [-0.2, 0) is 4.74 Å². The highest BCUT2D eigenvalue weighted by atomic mass is 16.6. The van der Waals surface area contributed by atoms with E-state index in [-0.39, 0.29) is 0 Å². The topological polar surface area (TPSA) is 66.0 Å². The van der Waals surface area contributed by atoms with Crippen LogP contribution in [0.4, 0.5) is 4.79 Å². The summed E-state index contributed by atoms with van der Waals surface area (Å²) in [7, 11) is 5.53. The van der Waals surface area contributed by atoms with Crippen molar-refractivity contribution in [2.75, 3.05) is 27.7 Å². The summed E-state index contributed by atoms with van der Waals surface area (Å²) in [5, 5.41) is 6.02. The van der Waals surface area contributed by atoms with E-state index >= 15 is 0 Å². The fourth-order valence-electron chi connectivity index (χ4n) is 1.36. The lowest BCUT2D eigenvalue weighted by Gasteiger charge is -2.30. The van der Waals surface area contributed by atoms with Crippen molar-refractivity contribution in [3.05, 3.63) is 0 Å². The van der Waals surface area contributed by atoms with Gasteiger partial charge in [-0.3, -0.25) is 4.99 Å². The lowest BCUT2D eigenvalue weighted by atomic mass is 10.1. The smallest absolute Gasteiger partial charge is 0.408 e. The van der Waals surface area contributed by atoms with Gasteiger partial charge in [-0.1, -0.05) is 0 Å². The summed E-state index contributed by atoms with van der Waals surface area (Å²) in [5.41, 5.74) is -0.929. The molecule has 1 amide bonds. The first-order valence-electron chi connectivity index (χ1n) is 6.36. The Kier molecular flexibility index (Phi) is 6.12. The number of guanidine groups is 1. The molecule has 0 spiro atoms. The van der Waals surface area contributed by atoms with Crippen LogP contribution >= 0.6 is 0 Å². The van der Waals surface area contributed by atoms with E-state index in [1.165, 1.54) is 0 Å². The number of nitrogens with one attached hydrogen (secondary N) is 2. The standard InChI is InChI=1S/C13H28N4O2/c1-12(2,3)19-11(18)16-13(4,5)9-15-10(14-6)17(7)8/h9H2,1-8H3,(H,14,15)(H,16,18). The summed E-state index contributed by atoms with van der Waals surface area (Å²) in [4.78, 5) is 17.7. The van der Waals surface area contributed by atoms with E-state index in [1.807, 2.05) is 53.6 Å². The monoisotopic (exact) mass is 272 g/mol. The van der Waals surface area contributed by atoms with Gasteiger partial charge in [0.1, 0.15) is 5.60 Å². The molecule has 19 heavy (non-hydrogen) atoms. The fourth-order valence-corrected chi connectivity index (χ4v) is 1.36. The molecule has 0 bridgehead atoms. The molecule has 0 aromatic heterocycles. The molecule has 6 nitrogen and oxygen atoms in total. The van der Waals surface area contributed by atoms with Crippen LogP contribution in [0.2, 0.25) is 0 Å². The number of amides is 1. The molecule has 0 atom stereocenters. The van der Waals surface area contributed by atoms with E-state index in [9.17, 15) is 4.79 Å². The van der Waals surface area contributed by atoms with Gasteiger partial charge in [0.05, 0.1) is 5.54 Å². The van der Waals surface area contributed by atoms with Crippen molar-refractivity contribution in [3.63, 3.8) is 0 Å². The van der Waals surface area contributed by atoms with E-state index in [2.05, 4.69) is 15.6 Å². The maximum absolute atomic E-state index is 11.7. The summed E-state index contributed by atoms with van der Waals surface area (Å²) in [6.45, 7) is 9.92. The Labute approximate surface area is 116 Å². The summed E-state index contributed by atoms with van der Waals surface area (Å²) in [6, 6.07) is 0. The van der Waals surface area contributed by atoms with Crippen LogP contribution < -0.4 is 10.6 Å². The van der Waals surface area contributed by atoms with Crippen LogP contribution in [0.5, 0.6) is 0 Å². The molecule has 0 aliphatic rings. The number of ether oxygens (including phenoxy) is 1. The predicted octanol–water partition coefficient (Wildman–Crippen LogP) is 1.43. The van der Waals surface area contributed by atoms with Crippen molar-refractivity contribution in [1.82, 2.24) is 15.5 Å². The fraction of sp³-hybridized carbons (Fsp3) is 0.846. The third-order valence-electron chi connectivity index (χ3n) is 2.16. The van der Waals surface area contributed by atoms with Gasteiger partial charge in [-0.25, -0.2) is 4.79 Å².